The molecule has 0 aliphatic rings. The minimum atomic E-state index is -0.362. The van der Waals surface area contributed by atoms with Crippen molar-refractivity contribution in [1.29, 1.82) is 0 Å². The first-order valence-electron chi connectivity index (χ1n) is 10.2. The van der Waals surface area contributed by atoms with E-state index >= 15 is 0 Å². The molecule has 8 nitrogen and oxygen atoms in total. The van der Waals surface area contributed by atoms with E-state index in [0.717, 1.165) is 4.88 Å². The molecule has 0 bridgehead atoms. The number of aryl methyl sites for hydroxylation is 1. The van der Waals surface area contributed by atoms with Gasteiger partial charge >= 0.3 is 5.97 Å². The van der Waals surface area contributed by atoms with Crippen molar-refractivity contribution in [3.8, 4) is 22.2 Å². The lowest BCUT2D eigenvalue weighted by molar-refractivity contribution is -0.134. The van der Waals surface area contributed by atoms with Gasteiger partial charge in [0.1, 0.15) is 11.5 Å². The second-order valence-electron chi connectivity index (χ2n) is 7.00. The summed E-state index contributed by atoms with van der Waals surface area (Å²) in [7, 11) is 1.51. The molecule has 0 atom stereocenters. The van der Waals surface area contributed by atoms with Crippen molar-refractivity contribution in [2.45, 2.75) is 19.3 Å². The summed E-state index contributed by atoms with van der Waals surface area (Å²) in [5.74, 6) is 1.28. The lowest BCUT2D eigenvalue weighted by Gasteiger charge is -2.10. The van der Waals surface area contributed by atoms with Crippen molar-refractivity contribution in [2.24, 2.45) is 0 Å². The maximum Gasteiger partial charge on any atom is 0.311 e. The van der Waals surface area contributed by atoms with Crippen LogP contribution in [-0.2, 0) is 11.2 Å². The molecule has 4 rings (SSSR count). The van der Waals surface area contributed by atoms with Gasteiger partial charge in [-0.2, -0.15) is 4.98 Å². The molecule has 0 saturated heterocycles. The Labute approximate surface area is 194 Å². The minimum absolute atomic E-state index is 0.211. The van der Waals surface area contributed by atoms with E-state index in [1.165, 1.54) is 18.4 Å². The topological polar surface area (TPSA) is 104 Å². The van der Waals surface area contributed by atoms with Gasteiger partial charge in [0.05, 0.1) is 17.6 Å². The van der Waals surface area contributed by atoms with Gasteiger partial charge < -0.3 is 19.3 Å². The van der Waals surface area contributed by atoms with Gasteiger partial charge in [-0.1, -0.05) is 23.4 Å². The molecule has 1 N–H and O–H groups in total. The molecular weight excluding hydrogens is 442 g/mol. The predicted octanol–water partition coefficient (Wildman–Crippen LogP) is 4.99. The summed E-state index contributed by atoms with van der Waals surface area (Å²) in [4.78, 5) is 29.9. The number of carbonyl (C=O) groups excluding carboxylic acids is 2. The van der Waals surface area contributed by atoms with E-state index in [9.17, 15) is 9.59 Å². The van der Waals surface area contributed by atoms with Gasteiger partial charge in [0.15, 0.2) is 0 Å². The number of anilines is 1. The lowest BCUT2D eigenvalue weighted by atomic mass is 10.2. The zero-order valence-corrected chi connectivity index (χ0v) is 18.6. The highest BCUT2D eigenvalue weighted by atomic mass is 32.1. The van der Waals surface area contributed by atoms with E-state index in [1.54, 1.807) is 48.5 Å². The molecule has 4 aromatic rings. The van der Waals surface area contributed by atoms with Crippen LogP contribution in [0.2, 0.25) is 0 Å². The molecule has 33 heavy (non-hydrogen) atoms. The van der Waals surface area contributed by atoms with Gasteiger partial charge in [0.25, 0.3) is 5.91 Å². The number of thiophene rings is 1. The summed E-state index contributed by atoms with van der Waals surface area (Å²) in [5.41, 5.74) is 1.00. The van der Waals surface area contributed by atoms with E-state index < -0.39 is 0 Å². The number of para-hydroxylation sites is 1. The van der Waals surface area contributed by atoms with E-state index in [-0.39, 0.29) is 18.3 Å². The van der Waals surface area contributed by atoms with Gasteiger partial charge in [0, 0.05) is 18.5 Å². The van der Waals surface area contributed by atoms with Crippen LogP contribution in [0.1, 0.15) is 29.1 Å². The Balaban J connectivity index is 1.24. The number of rotatable bonds is 9. The third-order valence-corrected chi connectivity index (χ3v) is 5.54. The standard InChI is InChI=1S/C24H21N3O5S/c1-30-19-7-3-2-6-18(19)24(29)25-16-11-13-17(14-12-16)31-22(28)10-4-9-21-26-23(27-32-21)20-8-5-15-33-20/h2-3,5-8,11-15H,4,9-10H2,1H3,(H,25,29). The Hall–Kier alpha value is -3.98. The van der Waals surface area contributed by atoms with Gasteiger partial charge in [-0.05, 0) is 54.3 Å². The second-order valence-corrected chi connectivity index (χ2v) is 7.94. The Morgan fingerprint density at radius 1 is 1.06 bits per heavy atom. The van der Waals surface area contributed by atoms with Gasteiger partial charge in [-0.25, -0.2) is 0 Å². The largest absolute Gasteiger partial charge is 0.496 e. The zero-order valence-electron chi connectivity index (χ0n) is 17.8. The summed E-state index contributed by atoms with van der Waals surface area (Å²) >= 11 is 1.54. The number of nitrogens with zero attached hydrogens (tertiary/aromatic N) is 2. The third-order valence-electron chi connectivity index (χ3n) is 4.68. The molecule has 0 unspecified atom stereocenters. The summed E-state index contributed by atoms with van der Waals surface area (Å²) < 4.78 is 15.8. The number of methoxy groups -OCH3 is 1. The Morgan fingerprint density at radius 2 is 1.88 bits per heavy atom. The Bertz CT molecular complexity index is 1220. The number of hydrogen-bond donors (Lipinski definition) is 1. The van der Waals surface area contributed by atoms with E-state index in [2.05, 4.69) is 15.5 Å². The predicted molar refractivity (Wildman–Crippen MR) is 124 cm³/mol. The van der Waals surface area contributed by atoms with Crippen molar-refractivity contribution in [3.63, 3.8) is 0 Å². The summed E-state index contributed by atoms with van der Waals surface area (Å²) in [6.45, 7) is 0. The smallest absolute Gasteiger partial charge is 0.311 e. The SMILES string of the molecule is COc1ccccc1C(=O)Nc1ccc(OC(=O)CCCc2nc(-c3cccs3)no2)cc1. The quantitative estimate of drug-likeness (QED) is 0.276. The number of nitrogens with one attached hydrogen (secondary N) is 1. The summed E-state index contributed by atoms with van der Waals surface area (Å²) in [6.07, 6.45) is 1.22. The number of benzene rings is 2. The number of amides is 1. The highest BCUT2D eigenvalue weighted by Gasteiger charge is 2.13. The molecule has 9 heteroatoms. The van der Waals surface area contributed by atoms with Crippen LogP contribution in [0.4, 0.5) is 5.69 Å². The molecule has 0 radical (unpaired) electrons. The van der Waals surface area contributed by atoms with Gasteiger partial charge in [-0.3, -0.25) is 9.59 Å². The Morgan fingerprint density at radius 3 is 2.64 bits per heavy atom. The normalized spacial score (nSPS) is 10.6. The first kappa shape index (κ1) is 22.2. The van der Waals surface area contributed by atoms with Crippen LogP contribution < -0.4 is 14.8 Å². The van der Waals surface area contributed by atoms with E-state index in [4.69, 9.17) is 14.0 Å². The highest BCUT2D eigenvalue weighted by Crippen LogP contribution is 2.23. The van der Waals surface area contributed by atoms with Crippen molar-refractivity contribution < 1.29 is 23.6 Å². The van der Waals surface area contributed by atoms with Crippen LogP contribution in [0.25, 0.3) is 10.7 Å². The van der Waals surface area contributed by atoms with Crippen LogP contribution >= 0.6 is 11.3 Å². The second kappa shape index (κ2) is 10.6. The fraction of sp³-hybridized carbons (Fsp3) is 0.167. The summed E-state index contributed by atoms with van der Waals surface area (Å²) in [6, 6.07) is 17.4. The molecule has 168 valence electrons. The molecule has 0 aliphatic carbocycles. The maximum atomic E-state index is 12.5. The fourth-order valence-corrected chi connectivity index (χ4v) is 3.71. The number of esters is 1. The van der Waals surface area contributed by atoms with Crippen LogP contribution in [0.3, 0.4) is 0 Å². The number of carbonyl (C=O) groups is 2. The molecule has 0 spiro atoms. The van der Waals surface area contributed by atoms with Gasteiger partial charge in [-0.15, -0.1) is 11.3 Å². The molecular formula is C24H21N3O5S. The van der Waals surface area contributed by atoms with Crippen molar-refractivity contribution in [1.82, 2.24) is 10.1 Å². The number of ether oxygens (including phenoxy) is 2. The Kier molecular flexibility index (Phi) is 7.11. The molecule has 0 aliphatic heterocycles. The molecule has 2 heterocycles. The third kappa shape index (κ3) is 5.83. The number of aromatic nitrogens is 2. The highest BCUT2D eigenvalue weighted by molar-refractivity contribution is 7.13. The lowest BCUT2D eigenvalue weighted by Crippen LogP contribution is -2.13. The van der Waals surface area contributed by atoms with E-state index in [0.29, 0.717) is 47.3 Å². The monoisotopic (exact) mass is 463 g/mol. The average molecular weight is 464 g/mol. The van der Waals surface area contributed by atoms with Crippen LogP contribution in [0.15, 0.2) is 70.6 Å². The van der Waals surface area contributed by atoms with Crippen molar-refractivity contribution in [2.75, 3.05) is 12.4 Å². The zero-order chi connectivity index (χ0) is 23.0. The number of hydrogen-bond acceptors (Lipinski definition) is 8. The molecule has 0 saturated carbocycles. The molecule has 2 aromatic carbocycles. The van der Waals surface area contributed by atoms with E-state index in [1.807, 2.05) is 17.5 Å². The van der Waals surface area contributed by atoms with Gasteiger partial charge in [0.2, 0.25) is 11.7 Å². The fourth-order valence-electron chi connectivity index (χ4n) is 3.07. The van der Waals surface area contributed by atoms with Crippen molar-refractivity contribution >= 4 is 28.9 Å². The van der Waals surface area contributed by atoms with Crippen molar-refractivity contribution in [3.05, 3.63) is 77.5 Å². The van der Waals surface area contributed by atoms with Crippen LogP contribution in [0, 0.1) is 0 Å². The molecule has 2 aromatic heterocycles. The average Bonchev–Trinajstić information content (AvgIpc) is 3.52. The molecule has 0 fully saturated rings. The van der Waals surface area contributed by atoms with Crippen LogP contribution in [-0.4, -0.2) is 29.1 Å². The van der Waals surface area contributed by atoms with Crippen LogP contribution in [0.5, 0.6) is 11.5 Å². The first-order chi connectivity index (χ1) is 16.1. The molecule has 1 amide bonds. The summed E-state index contributed by atoms with van der Waals surface area (Å²) in [5, 5.41) is 8.70. The first-order valence-corrected chi connectivity index (χ1v) is 11.1. The minimum Gasteiger partial charge on any atom is -0.496 e. The maximum absolute atomic E-state index is 12.5.